The Balaban J connectivity index is 1.29. The summed E-state index contributed by atoms with van der Waals surface area (Å²) in [5.41, 5.74) is 6.26. The summed E-state index contributed by atoms with van der Waals surface area (Å²) in [4.78, 5) is 22.3. The van der Waals surface area contributed by atoms with Crippen molar-refractivity contribution in [1.29, 1.82) is 0 Å². The minimum absolute atomic E-state index is 0.000769. The molecule has 0 amide bonds. The fourth-order valence-corrected chi connectivity index (χ4v) is 6.67. The number of benzene rings is 1. The van der Waals surface area contributed by atoms with Gasteiger partial charge in [0.15, 0.2) is 0 Å². The molecule has 1 N–H and O–H groups in total. The molecule has 35 heavy (non-hydrogen) atoms. The molecule has 0 saturated carbocycles. The molecule has 6 heteroatoms. The van der Waals surface area contributed by atoms with Crippen LogP contribution in [-0.2, 0) is 13.6 Å². The Bertz CT molecular complexity index is 1290. The average Bonchev–Trinajstić information content (AvgIpc) is 3.22. The van der Waals surface area contributed by atoms with Crippen LogP contribution in [0.25, 0.3) is 11.0 Å². The molecule has 3 aromatic rings. The smallest absolute Gasteiger partial charge is 0.253 e. The fourth-order valence-electron chi connectivity index (χ4n) is 6.67. The molecule has 0 bridgehead atoms. The van der Waals surface area contributed by atoms with Crippen molar-refractivity contribution in [2.45, 2.75) is 70.1 Å². The van der Waals surface area contributed by atoms with E-state index >= 15 is 0 Å². The van der Waals surface area contributed by atoms with E-state index in [0.717, 1.165) is 42.9 Å². The molecule has 0 spiro atoms. The second-order valence-corrected chi connectivity index (χ2v) is 11.0. The second kappa shape index (κ2) is 9.07. The van der Waals surface area contributed by atoms with Crippen molar-refractivity contribution in [1.82, 2.24) is 19.8 Å². The van der Waals surface area contributed by atoms with E-state index in [1.54, 1.807) is 23.9 Å². The zero-order valence-corrected chi connectivity index (χ0v) is 21.2. The Labute approximate surface area is 208 Å². The monoisotopic (exact) mass is 471 g/mol. The molecule has 6 rings (SSSR count). The lowest BCUT2D eigenvalue weighted by Crippen LogP contribution is -2.51. The highest BCUT2D eigenvalue weighted by atomic mass is 16.1. The van der Waals surface area contributed by atoms with E-state index in [1.807, 2.05) is 6.07 Å². The summed E-state index contributed by atoms with van der Waals surface area (Å²) < 4.78 is 1.65. The Hall–Kier alpha value is -2.70. The SMILES string of the molecule is C[C@@H]1CN(c2cc(=O)n(C)c3ncccc23)C[C@@H]2c3ccc(C4CCC[C@H](C)NCC4)cc3CN12. The molecule has 2 aromatic heterocycles. The molecule has 5 heterocycles. The van der Waals surface area contributed by atoms with Crippen molar-refractivity contribution in [3.8, 4) is 0 Å². The van der Waals surface area contributed by atoms with Gasteiger partial charge in [-0.15, -0.1) is 0 Å². The Morgan fingerprint density at radius 3 is 2.83 bits per heavy atom. The van der Waals surface area contributed by atoms with Gasteiger partial charge in [0, 0.05) is 56.4 Å². The van der Waals surface area contributed by atoms with Gasteiger partial charge in [-0.25, -0.2) is 4.98 Å². The third kappa shape index (κ3) is 4.07. The van der Waals surface area contributed by atoms with Gasteiger partial charge in [-0.05, 0) is 74.4 Å². The molecule has 4 atom stereocenters. The van der Waals surface area contributed by atoms with E-state index in [4.69, 9.17) is 0 Å². The van der Waals surface area contributed by atoms with Crippen molar-refractivity contribution in [3.05, 3.63) is 69.6 Å². The summed E-state index contributed by atoms with van der Waals surface area (Å²) in [7, 11) is 1.81. The molecule has 1 aromatic carbocycles. The topological polar surface area (TPSA) is 53.4 Å². The highest BCUT2D eigenvalue weighted by molar-refractivity contribution is 5.89. The standard InChI is InChI=1S/C29H37N5O/c1-19-6-4-7-21(11-13-30-19)22-9-10-24-23(14-22)17-34-20(2)16-33(18-27(24)34)26-15-28(35)32(3)29-25(26)8-5-12-31-29/h5,8-10,12,14-15,19-21,27,30H,4,6-7,11,13,16-18H2,1-3H3/t19-,20+,21?,27+/m0/s1. The summed E-state index contributed by atoms with van der Waals surface area (Å²) in [6.45, 7) is 8.60. The summed E-state index contributed by atoms with van der Waals surface area (Å²) in [6.07, 6.45) is 6.87. The van der Waals surface area contributed by atoms with Crippen molar-refractivity contribution in [2.24, 2.45) is 7.05 Å². The number of anilines is 1. The number of pyridine rings is 2. The Kier molecular flexibility index (Phi) is 5.89. The largest absolute Gasteiger partial charge is 0.367 e. The van der Waals surface area contributed by atoms with Crippen molar-refractivity contribution in [2.75, 3.05) is 24.5 Å². The van der Waals surface area contributed by atoms with Gasteiger partial charge >= 0.3 is 0 Å². The van der Waals surface area contributed by atoms with Crippen LogP contribution >= 0.6 is 0 Å². The van der Waals surface area contributed by atoms with Gasteiger partial charge in [0.05, 0.1) is 11.7 Å². The first kappa shape index (κ1) is 22.7. The maximum absolute atomic E-state index is 12.7. The van der Waals surface area contributed by atoms with Crippen LogP contribution in [0, 0.1) is 0 Å². The molecule has 184 valence electrons. The number of fused-ring (bicyclic) bond motifs is 4. The quantitative estimate of drug-likeness (QED) is 0.603. The van der Waals surface area contributed by atoms with E-state index in [2.05, 4.69) is 58.2 Å². The number of nitrogens with zero attached hydrogens (tertiary/aromatic N) is 4. The van der Waals surface area contributed by atoms with Gasteiger partial charge in [-0.2, -0.15) is 0 Å². The zero-order valence-electron chi connectivity index (χ0n) is 21.2. The summed E-state index contributed by atoms with van der Waals surface area (Å²) >= 11 is 0. The van der Waals surface area contributed by atoms with Crippen molar-refractivity contribution >= 4 is 16.7 Å². The minimum atomic E-state index is 0.000769. The molecule has 2 fully saturated rings. The highest BCUT2D eigenvalue weighted by Crippen LogP contribution is 2.42. The number of rotatable bonds is 2. The minimum Gasteiger partial charge on any atom is -0.367 e. The average molecular weight is 472 g/mol. The van der Waals surface area contributed by atoms with Crippen LogP contribution < -0.4 is 15.8 Å². The lowest BCUT2D eigenvalue weighted by molar-refractivity contribution is 0.134. The Morgan fingerprint density at radius 1 is 1.06 bits per heavy atom. The predicted octanol–water partition coefficient (Wildman–Crippen LogP) is 4.33. The maximum Gasteiger partial charge on any atom is 0.253 e. The molecular weight excluding hydrogens is 434 g/mol. The van der Waals surface area contributed by atoms with Crippen LogP contribution in [0.3, 0.4) is 0 Å². The van der Waals surface area contributed by atoms with E-state index in [-0.39, 0.29) is 5.56 Å². The van der Waals surface area contributed by atoms with E-state index in [0.29, 0.717) is 24.0 Å². The van der Waals surface area contributed by atoms with Gasteiger partial charge in [-0.3, -0.25) is 14.3 Å². The first-order valence-corrected chi connectivity index (χ1v) is 13.3. The molecule has 3 aliphatic heterocycles. The van der Waals surface area contributed by atoms with Gasteiger partial charge in [-0.1, -0.05) is 24.6 Å². The van der Waals surface area contributed by atoms with Crippen LogP contribution in [0.4, 0.5) is 5.69 Å². The zero-order chi connectivity index (χ0) is 24.1. The van der Waals surface area contributed by atoms with Gasteiger partial charge < -0.3 is 10.2 Å². The van der Waals surface area contributed by atoms with E-state index in [9.17, 15) is 4.79 Å². The normalized spacial score (nSPS) is 27.3. The molecule has 6 nitrogen and oxygen atoms in total. The first-order valence-electron chi connectivity index (χ1n) is 13.3. The number of hydrogen-bond donors (Lipinski definition) is 1. The van der Waals surface area contributed by atoms with Gasteiger partial charge in [0.25, 0.3) is 5.56 Å². The first-order chi connectivity index (χ1) is 17.0. The lowest BCUT2D eigenvalue weighted by Gasteiger charge is -2.43. The van der Waals surface area contributed by atoms with Crippen molar-refractivity contribution in [3.63, 3.8) is 0 Å². The second-order valence-electron chi connectivity index (χ2n) is 11.0. The molecule has 1 unspecified atom stereocenters. The van der Waals surface area contributed by atoms with Crippen LogP contribution in [0.2, 0.25) is 0 Å². The van der Waals surface area contributed by atoms with Gasteiger partial charge in [0.1, 0.15) is 5.65 Å². The van der Waals surface area contributed by atoms with Crippen LogP contribution in [-0.4, -0.2) is 46.2 Å². The van der Waals surface area contributed by atoms with Crippen LogP contribution in [0.15, 0.2) is 47.4 Å². The molecule has 0 radical (unpaired) electrons. The van der Waals surface area contributed by atoms with Crippen LogP contribution in [0.1, 0.15) is 68.2 Å². The molecule has 3 aliphatic rings. The number of piperazine rings is 1. The number of aryl methyl sites for hydroxylation is 1. The number of aromatic nitrogens is 2. The van der Waals surface area contributed by atoms with Crippen molar-refractivity contribution < 1.29 is 0 Å². The summed E-state index contributed by atoms with van der Waals surface area (Å²) in [6, 6.07) is 14.6. The molecular formula is C29H37N5O. The van der Waals surface area contributed by atoms with E-state index in [1.165, 1.54) is 42.4 Å². The predicted molar refractivity (Wildman–Crippen MR) is 142 cm³/mol. The molecule has 2 saturated heterocycles. The highest BCUT2D eigenvalue weighted by Gasteiger charge is 2.39. The van der Waals surface area contributed by atoms with Crippen LogP contribution in [0.5, 0.6) is 0 Å². The number of hydrogen-bond acceptors (Lipinski definition) is 5. The molecule has 0 aliphatic carbocycles. The third-order valence-corrected chi connectivity index (χ3v) is 8.68. The Morgan fingerprint density at radius 2 is 1.94 bits per heavy atom. The summed E-state index contributed by atoms with van der Waals surface area (Å²) in [5.74, 6) is 0.659. The number of nitrogens with one attached hydrogen (secondary N) is 1. The third-order valence-electron chi connectivity index (χ3n) is 8.68. The van der Waals surface area contributed by atoms with Gasteiger partial charge in [0.2, 0.25) is 0 Å². The van der Waals surface area contributed by atoms with E-state index < -0.39 is 0 Å². The summed E-state index contributed by atoms with van der Waals surface area (Å²) in [5, 5.41) is 4.73. The lowest BCUT2D eigenvalue weighted by atomic mass is 9.86. The fraction of sp³-hybridized carbons (Fsp3) is 0.517. The maximum atomic E-state index is 12.7.